The van der Waals surface area contributed by atoms with Crippen molar-refractivity contribution < 1.29 is 4.79 Å². The van der Waals surface area contributed by atoms with Crippen molar-refractivity contribution in [2.24, 2.45) is 17.1 Å². The van der Waals surface area contributed by atoms with Gasteiger partial charge in [0.25, 0.3) is 0 Å². The highest BCUT2D eigenvalue weighted by molar-refractivity contribution is 5.77. The molecule has 1 amide bonds. The van der Waals surface area contributed by atoms with E-state index in [1.165, 1.54) is 11.1 Å². The Balaban J connectivity index is 2.11. The Bertz CT molecular complexity index is 518. The van der Waals surface area contributed by atoms with Gasteiger partial charge < -0.3 is 11.1 Å². The van der Waals surface area contributed by atoms with Crippen LogP contribution in [0.15, 0.2) is 24.3 Å². The summed E-state index contributed by atoms with van der Waals surface area (Å²) >= 11 is 0. The van der Waals surface area contributed by atoms with E-state index in [9.17, 15) is 4.79 Å². The van der Waals surface area contributed by atoms with E-state index in [1.807, 2.05) is 12.1 Å². The molecular weight excluding hydrogens is 272 g/mol. The molecule has 3 heteroatoms. The SMILES string of the molecule is Cc1ccccc1C(NC(=O)C[C@@H]1CCC[C@H]1N)C(C)(C)C. The summed E-state index contributed by atoms with van der Waals surface area (Å²) < 4.78 is 0. The van der Waals surface area contributed by atoms with Gasteiger partial charge in [-0.1, -0.05) is 51.5 Å². The monoisotopic (exact) mass is 302 g/mol. The smallest absolute Gasteiger partial charge is 0.220 e. The number of amides is 1. The third kappa shape index (κ3) is 4.10. The second-order valence-electron chi connectivity index (χ2n) is 7.78. The molecule has 0 bridgehead atoms. The third-order valence-electron chi connectivity index (χ3n) is 4.84. The molecule has 1 aliphatic carbocycles. The minimum atomic E-state index is -0.0282. The lowest BCUT2D eigenvalue weighted by Gasteiger charge is -2.33. The number of benzene rings is 1. The van der Waals surface area contributed by atoms with E-state index < -0.39 is 0 Å². The normalized spacial score (nSPS) is 23.3. The standard InChI is InChI=1S/C19H30N2O/c1-13-8-5-6-10-15(13)18(19(2,3)4)21-17(22)12-14-9-7-11-16(14)20/h5-6,8,10,14,16,18H,7,9,11-12,20H2,1-4H3,(H,21,22)/t14-,16+,18?/m0/s1. The molecular formula is C19H30N2O. The Morgan fingerprint density at radius 3 is 2.55 bits per heavy atom. The third-order valence-corrected chi connectivity index (χ3v) is 4.84. The van der Waals surface area contributed by atoms with Crippen LogP contribution in [-0.2, 0) is 4.79 Å². The predicted octanol–water partition coefficient (Wildman–Crippen LogP) is 3.72. The van der Waals surface area contributed by atoms with Crippen LogP contribution in [0, 0.1) is 18.3 Å². The lowest BCUT2D eigenvalue weighted by atomic mass is 9.80. The lowest BCUT2D eigenvalue weighted by molar-refractivity contribution is -0.123. The zero-order valence-corrected chi connectivity index (χ0v) is 14.4. The molecule has 22 heavy (non-hydrogen) atoms. The van der Waals surface area contributed by atoms with Crippen LogP contribution in [0.5, 0.6) is 0 Å². The fourth-order valence-electron chi connectivity index (χ4n) is 3.45. The molecule has 1 aromatic rings. The minimum Gasteiger partial charge on any atom is -0.349 e. The second-order valence-corrected chi connectivity index (χ2v) is 7.78. The fraction of sp³-hybridized carbons (Fsp3) is 0.632. The average Bonchev–Trinajstić information content (AvgIpc) is 2.81. The van der Waals surface area contributed by atoms with Crippen LogP contribution in [0.25, 0.3) is 0 Å². The van der Waals surface area contributed by atoms with Gasteiger partial charge >= 0.3 is 0 Å². The van der Waals surface area contributed by atoms with Crippen LogP contribution in [0.4, 0.5) is 0 Å². The molecule has 0 saturated heterocycles. The van der Waals surface area contributed by atoms with Crippen molar-refractivity contribution in [3.63, 3.8) is 0 Å². The maximum absolute atomic E-state index is 12.5. The van der Waals surface area contributed by atoms with Crippen molar-refractivity contribution in [1.29, 1.82) is 0 Å². The summed E-state index contributed by atoms with van der Waals surface area (Å²) in [6.07, 6.45) is 3.84. The molecule has 1 unspecified atom stereocenters. The van der Waals surface area contributed by atoms with Gasteiger partial charge in [-0.25, -0.2) is 0 Å². The number of nitrogens with two attached hydrogens (primary N) is 1. The second kappa shape index (κ2) is 6.82. The maximum atomic E-state index is 12.5. The molecule has 0 spiro atoms. The molecule has 1 saturated carbocycles. The topological polar surface area (TPSA) is 55.1 Å². The number of hydrogen-bond donors (Lipinski definition) is 2. The van der Waals surface area contributed by atoms with Crippen molar-refractivity contribution in [3.05, 3.63) is 35.4 Å². The molecule has 3 N–H and O–H groups in total. The largest absolute Gasteiger partial charge is 0.349 e. The van der Waals surface area contributed by atoms with Gasteiger partial charge in [-0.2, -0.15) is 0 Å². The quantitative estimate of drug-likeness (QED) is 0.890. The molecule has 3 atom stereocenters. The van der Waals surface area contributed by atoms with Crippen LogP contribution in [0.3, 0.4) is 0 Å². The van der Waals surface area contributed by atoms with Crippen molar-refractivity contribution in [1.82, 2.24) is 5.32 Å². The van der Waals surface area contributed by atoms with Crippen molar-refractivity contribution in [2.75, 3.05) is 0 Å². The number of carbonyl (C=O) groups excluding carboxylic acids is 1. The Kier molecular flexibility index (Phi) is 5.28. The Hall–Kier alpha value is -1.35. The van der Waals surface area contributed by atoms with Crippen molar-refractivity contribution in [2.45, 2.75) is 65.5 Å². The molecule has 122 valence electrons. The predicted molar refractivity (Wildman–Crippen MR) is 91.5 cm³/mol. The highest BCUT2D eigenvalue weighted by Crippen LogP contribution is 2.35. The summed E-state index contributed by atoms with van der Waals surface area (Å²) in [7, 11) is 0. The van der Waals surface area contributed by atoms with Gasteiger partial charge in [0, 0.05) is 12.5 Å². The zero-order chi connectivity index (χ0) is 16.3. The number of hydrogen-bond acceptors (Lipinski definition) is 2. The van der Waals surface area contributed by atoms with Crippen LogP contribution in [0.2, 0.25) is 0 Å². The van der Waals surface area contributed by atoms with E-state index in [2.05, 4.69) is 45.1 Å². The first-order valence-corrected chi connectivity index (χ1v) is 8.39. The molecule has 0 aromatic heterocycles. The van der Waals surface area contributed by atoms with E-state index >= 15 is 0 Å². The fourth-order valence-corrected chi connectivity index (χ4v) is 3.45. The van der Waals surface area contributed by atoms with Crippen LogP contribution < -0.4 is 11.1 Å². The summed E-state index contributed by atoms with van der Waals surface area (Å²) in [4.78, 5) is 12.5. The van der Waals surface area contributed by atoms with E-state index in [1.54, 1.807) is 0 Å². The summed E-state index contributed by atoms with van der Waals surface area (Å²) in [5.41, 5.74) is 8.50. The Morgan fingerprint density at radius 2 is 2.00 bits per heavy atom. The van der Waals surface area contributed by atoms with E-state index in [0.717, 1.165) is 19.3 Å². The van der Waals surface area contributed by atoms with Gasteiger partial charge in [0.1, 0.15) is 0 Å². The first-order chi connectivity index (χ1) is 10.3. The minimum absolute atomic E-state index is 0.0267. The number of aryl methyl sites for hydroxylation is 1. The highest BCUT2D eigenvalue weighted by atomic mass is 16.1. The molecule has 2 rings (SSSR count). The van der Waals surface area contributed by atoms with E-state index in [0.29, 0.717) is 12.3 Å². The van der Waals surface area contributed by atoms with Crippen LogP contribution in [-0.4, -0.2) is 11.9 Å². The van der Waals surface area contributed by atoms with Gasteiger partial charge in [0.15, 0.2) is 0 Å². The highest BCUT2D eigenvalue weighted by Gasteiger charge is 2.31. The number of carbonyl (C=O) groups is 1. The van der Waals surface area contributed by atoms with Crippen LogP contribution >= 0.6 is 0 Å². The van der Waals surface area contributed by atoms with Gasteiger partial charge in [-0.3, -0.25) is 4.79 Å². The summed E-state index contributed by atoms with van der Waals surface area (Å²) in [5, 5.41) is 3.27. The van der Waals surface area contributed by atoms with Crippen molar-refractivity contribution >= 4 is 5.91 Å². The van der Waals surface area contributed by atoms with E-state index in [-0.39, 0.29) is 23.4 Å². The summed E-state index contributed by atoms with van der Waals surface area (Å²) in [6, 6.07) is 8.52. The molecule has 0 radical (unpaired) electrons. The lowest BCUT2D eigenvalue weighted by Crippen LogP contribution is -2.39. The van der Waals surface area contributed by atoms with Crippen molar-refractivity contribution in [3.8, 4) is 0 Å². The van der Waals surface area contributed by atoms with Gasteiger partial charge in [0.2, 0.25) is 5.91 Å². The average molecular weight is 302 g/mol. The first kappa shape index (κ1) is 17.0. The van der Waals surface area contributed by atoms with Gasteiger partial charge in [-0.05, 0) is 42.2 Å². The Labute approximate surface area is 134 Å². The summed E-state index contributed by atoms with van der Waals surface area (Å²) in [6.45, 7) is 8.62. The maximum Gasteiger partial charge on any atom is 0.220 e. The summed E-state index contributed by atoms with van der Waals surface area (Å²) in [5.74, 6) is 0.475. The molecule has 1 aromatic carbocycles. The van der Waals surface area contributed by atoms with Gasteiger partial charge in [0.05, 0.1) is 6.04 Å². The molecule has 1 fully saturated rings. The number of nitrogens with one attached hydrogen (secondary N) is 1. The molecule has 0 heterocycles. The Morgan fingerprint density at radius 1 is 1.32 bits per heavy atom. The molecule has 1 aliphatic rings. The van der Waals surface area contributed by atoms with E-state index in [4.69, 9.17) is 5.73 Å². The van der Waals surface area contributed by atoms with Crippen LogP contribution in [0.1, 0.15) is 63.6 Å². The molecule has 3 nitrogen and oxygen atoms in total. The zero-order valence-electron chi connectivity index (χ0n) is 14.4. The number of rotatable bonds is 4. The first-order valence-electron chi connectivity index (χ1n) is 8.39. The van der Waals surface area contributed by atoms with Gasteiger partial charge in [-0.15, -0.1) is 0 Å². The molecule has 0 aliphatic heterocycles.